The van der Waals surface area contributed by atoms with Crippen molar-refractivity contribution in [2.75, 3.05) is 5.32 Å². The molecule has 5 nitrogen and oxygen atoms in total. The highest BCUT2D eigenvalue weighted by atomic mass is 35.5. The fourth-order valence-corrected chi connectivity index (χ4v) is 3.39. The molecule has 0 aliphatic carbocycles. The molecule has 124 valence electrons. The fourth-order valence-electron chi connectivity index (χ4n) is 2.34. The van der Waals surface area contributed by atoms with E-state index in [-0.39, 0.29) is 11.5 Å². The summed E-state index contributed by atoms with van der Waals surface area (Å²) in [6.07, 6.45) is 2.29. The first-order valence-electron chi connectivity index (χ1n) is 7.55. The summed E-state index contributed by atoms with van der Waals surface area (Å²) in [4.78, 5) is 31.2. The van der Waals surface area contributed by atoms with Gasteiger partial charge in [-0.2, -0.15) is 0 Å². The van der Waals surface area contributed by atoms with Crippen LogP contribution < -0.4 is 10.9 Å². The van der Waals surface area contributed by atoms with Gasteiger partial charge in [-0.05, 0) is 43.7 Å². The Balaban J connectivity index is 1.88. The normalized spacial score (nSPS) is 12.3. The molecule has 1 N–H and O–H groups in total. The average molecular weight is 362 g/mol. The van der Waals surface area contributed by atoms with Crippen LogP contribution in [-0.2, 0) is 11.2 Å². The predicted molar refractivity (Wildman–Crippen MR) is 98.1 cm³/mol. The SMILES string of the molecule is CCc1cc2c(=O)n([C@H](C)C(=O)Nc3ccc(Cl)cc3)cnc2s1. The number of aromatic nitrogens is 2. The van der Waals surface area contributed by atoms with Crippen molar-refractivity contribution >= 4 is 44.7 Å². The summed E-state index contributed by atoms with van der Waals surface area (Å²) in [5.74, 6) is -0.286. The van der Waals surface area contributed by atoms with Gasteiger partial charge in [-0.3, -0.25) is 14.2 Å². The van der Waals surface area contributed by atoms with Crippen LogP contribution in [0.25, 0.3) is 10.2 Å². The fraction of sp³-hybridized carbons (Fsp3) is 0.235. The zero-order valence-electron chi connectivity index (χ0n) is 13.2. The van der Waals surface area contributed by atoms with Gasteiger partial charge in [0.25, 0.3) is 5.56 Å². The van der Waals surface area contributed by atoms with Gasteiger partial charge in [-0.25, -0.2) is 4.98 Å². The highest BCUT2D eigenvalue weighted by Gasteiger charge is 2.18. The third-order valence-corrected chi connectivity index (χ3v) is 5.22. The van der Waals surface area contributed by atoms with E-state index in [1.807, 2.05) is 13.0 Å². The minimum Gasteiger partial charge on any atom is -0.324 e. The Labute approximate surface area is 147 Å². The van der Waals surface area contributed by atoms with Gasteiger partial charge >= 0.3 is 0 Å². The highest BCUT2D eigenvalue weighted by Crippen LogP contribution is 2.22. The molecule has 1 atom stereocenters. The molecule has 0 aliphatic rings. The van der Waals surface area contributed by atoms with Crippen molar-refractivity contribution in [3.63, 3.8) is 0 Å². The van der Waals surface area contributed by atoms with Crippen LogP contribution in [-0.4, -0.2) is 15.5 Å². The maximum Gasteiger partial charge on any atom is 0.262 e. The maximum absolute atomic E-state index is 12.6. The molecule has 3 aromatic rings. The minimum atomic E-state index is -0.671. The van der Waals surface area contributed by atoms with Gasteiger partial charge in [0.2, 0.25) is 5.91 Å². The Bertz CT molecular complexity index is 947. The molecule has 0 bridgehead atoms. The van der Waals surface area contributed by atoms with Crippen LogP contribution in [0.1, 0.15) is 24.8 Å². The lowest BCUT2D eigenvalue weighted by Crippen LogP contribution is -2.31. The summed E-state index contributed by atoms with van der Waals surface area (Å²) in [5, 5.41) is 3.93. The molecule has 0 unspecified atom stereocenters. The molecule has 1 amide bonds. The largest absolute Gasteiger partial charge is 0.324 e. The number of rotatable bonds is 4. The summed E-state index contributed by atoms with van der Waals surface area (Å²) < 4.78 is 1.36. The Morgan fingerprint density at radius 2 is 2.08 bits per heavy atom. The zero-order valence-corrected chi connectivity index (χ0v) is 14.8. The topological polar surface area (TPSA) is 64.0 Å². The molecule has 3 rings (SSSR count). The summed E-state index contributed by atoms with van der Waals surface area (Å²) in [6.45, 7) is 3.71. The second-order valence-electron chi connectivity index (χ2n) is 5.41. The van der Waals surface area contributed by atoms with E-state index in [0.717, 1.165) is 11.3 Å². The molecule has 0 fully saturated rings. The highest BCUT2D eigenvalue weighted by molar-refractivity contribution is 7.18. The van der Waals surface area contributed by atoms with Gasteiger partial charge in [-0.15, -0.1) is 11.3 Å². The van der Waals surface area contributed by atoms with Crippen LogP contribution in [0.4, 0.5) is 5.69 Å². The van der Waals surface area contributed by atoms with Gasteiger partial charge in [-0.1, -0.05) is 18.5 Å². The van der Waals surface area contributed by atoms with Crippen LogP contribution in [0.3, 0.4) is 0 Å². The second-order valence-corrected chi connectivity index (χ2v) is 6.97. The molecule has 0 radical (unpaired) electrons. The third kappa shape index (κ3) is 3.20. The number of aryl methyl sites for hydroxylation is 1. The Hall–Kier alpha value is -2.18. The number of anilines is 1. The van der Waals surface area contributed by atoms with E-state index in [4.69, 9.17) is 11.6 Å². The smallest absolute Gasteiger partial charge is 0.262 e. The van der Waals surface area contributed by atoms with Crippen molar-refractivity contribution in [2.24, 2.45) is 0 Å². The number of nitrogens with one attached hydrogen (secondary N) is 1. The first kappa shape index (κ1) is 16.7. The predicted octanol–water partition coefficient (Wildman–Crippen LogP) is 3.87. The van der Waals surface area contributed by atoms with Gasteiger partial charge in [0, 0.05) is 15.6 Å². The maximum atomic E-state index is 12.6. The van der Waals surface area contributed by atoms with Crippen LogP contribution in [0.15, 0.2) is 41.5 Å². The number of thiophene rings is 1. The van der Waals surface area contributed by atoms with Gasteiger partial charge in [0.05, 0.1) is 11.7 Å². The minimum absolute atomic E-state index is 0.199. The molecule has 2 aromatic heterocycles. The van der Waals surface area contributed by atoms with Crippen LogP contribution in [0.2, 0.25) is 5.02 Å². The lowest BCUT2D eigenvalue weighted by Gasteiger charge is -2.14. The first-order chi connectivity index (χ1) is 11.5. The van der Waals surface area contributed by atoms with Gasteiger partial charge < -0.3 is 5.32 Å². The third-order valence-electron chi connectivity index (χ3n) is 3.78. The molecular formula is C17H16ClN3O2S. The number of halogens is 1. The molecule has 0 aliphatic heterocycles. The number of benzene rings is 1. The Morgan fingerprint density at radius 3 is 2.75 bits per heavy atom. The van der Waals surface area contributed by atoms with Gasteiger partial charge in [0.1, 0.15) is 10.9 Å². The van der Waals surface area contributed by atoms with Crippen LogP contribution >= 0.6 is 22.9 Å². The van der Waals surface area contributed by atoms with Crippen molar-refractivity contribution in [1.29, 1.82) is 0 Å². The number of amides is 1. The lowest BCUT2D eigenvalue weighted by atomic mass is 10.2. The van der Waals surface area contributed by atoms with Crippen molar-refractivity contribution < 1.29 is 4.79 Å². The summed E-state index contributed by atoms with van der Waals surface area (Å²) >= 11 is 7.34. The standard InChI is InChI=1S/C17H16ClN3O2S/c1-3-13-8-14-16(24-13)19-9-21(17(14)23)10(2)15(22)20-12-6-4-11(18)5-7-12/h4-10H,3H2,1-2H3,(H,20,22)/t10-/m1/s1. The van der Waals surface area contributed by atoms with Crippen molar-refractivity contribution in [2.45, 2.75) is 26.3 Å². The summed E-state index contributed by atoms with van der Waals surface area (Å²) in [5.41, 5.74) is 0.428. The van der Waals surface area contributed by atoms with E-state index in [0.29, 0.717) is 20.9 Å². The second kappa shape index (κ2) is 6.75. The summed E-state index contributed by atoms with van der Waals surface area (Å²) in [7, 11) is 0. The van der Waals surface area contributed by atoms with Crippen LogP contribution in [0, 0.1) is 0 Å². The summed E-state index contributed by atoms with van der Waals surface area (Å²) in [6, 6.07) is 8.00. The van der Waals surface area contributed by atoms with E-state index < -0.39 is 6.04 Å². The average Bonchev–Trinajstić information content (AvgIpc) is 3.01. The Morgan fingerprint density at radius 1 is 1.38 bits per heavy atom. The molecule has 7 heteroatoms. The number of hydrogen-bond donors (Lipinski definition) is 1. The molecule has 2 heterocycles. The number of fused-ring (bicyclic) bond motifs is 1. The van der Waals surface area contributed by atoms with Crippen LogP contribution in [0.5, 0.6) is 0 Å². The molecule has 0 saturated carbocycles. The van der Waals surface area contributed by atoms with Crippen molar-refractivity contribution in [3.8, 4) is 0 Å². The molecular weight excluding hydrogens is 346 g/mol. The van der Waals surface area contributed by atoms with Crippen molar-refractivity contribution in [1.82, 2.24) is 9.55 Å². The molecule has 0 saturated heterocycles. The number of hydrogen-bond acceptors (Lipinski definition) is 4. The molecule has 0 spiro atoms. The monoisotopic (exact) mass is 361 g/mol. The number of nitrogens with zero attached hydrogens (tertiary/aromatic N) is 2. The lowest BCUT2D eigenvalue weighted by molar-refractivity contribution is -0.118. The van der Waals surface area contributed by atoms with E-state index in [1.165, 1.54) is 22.2 Å². The molecule has 24 heavy (non-hydrogen) atoms. The van der Waals surface area contributed by atoms with Crippen molar-refractivity contribution in [3.05, 3.63) is 56.9 Å². The molecule has 1 aromatic carbocycles. The Kier molecular flexibility index (Phi) is 4.69. The van der Waals surface area contributed by atoms with E-state index in [9.17, 15) is 9.59 Å². The van der Waals surface area contributed by atoms with Gasteiger partial charge in [0.15, 0.2) is 0 Å². The van der Waals surface area contributed by atoms with E-state index >= 15 is 0 Å². The number of carbonyl (C=O) groups is 1. The first-order valence-corrected chi connectivity index (χ1v) is 8.75. The zero-order chi connectivity index (χ0) is 17.3. The number of carbonyl (C=O) groups excluding carboxylic acids is 1. The van der Waals surface area contributed by atoms with E-state index in [2.05, 4.69) is 10.3 Å². The quantitative estimate of drug-likeness (QED) is 0.767. The van der Waals surface area contributed by atoms with E-state index in [1.54, 1.807) is 31.2 Å².